The van der Waals surface area contributed by atoms with E-state index < -0.39 is 17.2 Å². The quantitative estimate of drug-likeness (QED) is 0.208. The number of hydrogen-bond donors (Lipinski definition) is 6. The molecule has 7 nitrogen and oxygen atoms in total. The molecule has 0 atom stereocenters. The van der Waals surface area contributed by atoms with Gasteiger partial charge in [-0.25, -0.2) is 0 Å². The molecule has 0 aliphatic rings. The summed E-state index contributed by atoms with van der Waals surface area (Å²) >= 11 is 5.17. The van der Waals surface area contributed by atoms with Crippen LogP contribution in [0.1, 0.15) is 16.7 Å². The second-order valence-corrected chi connectivity index (χ2v) is 5.95. The Morgan fingerprint density at radius 2 is 1.62 bits per heavy atom. The summed E-state index contributed by atoms with van der Waals surface area (Å²) < 4.78 is 0. The first-order valence-corrected chi connectivity index (χ1v) is 7.80. The standard InChI is InChI=1S/C18H16N2O5S/c1-9-2-10(4-13(21)16(9)24)3-12(7-19)18(26)20-8-11-5-14(22)17(25)15(23)6-11/h2-6,21-25H,8H2,1H3,(H,20,26). The van der Waals surface area contributed by atoms with Gasteiger partial charge in [-0.2, -0.15) is 5.26 Å². The highest BCUT2D eigenvalue weighted by atomic mass is 32.1. The summed E-state index contributed by atoms with van der Waals surface area (Å²) in [7, 11) is 0. The fourth-order valence-corrected chi connectivity index (χ4v) is 2.40. The van der Waals surface area contributed by atoms with Crippen molar-refractivity contribution < 1.29 is 25.5 Å². The van der Waals surface area contributed by atoms with Gasteiger partial charge in [0, 0.05) is 6.54 Å². The van der Waals surface area contributed by atoms with E-state index in [4.69, 9.17) is 12.2 Å². The number of hydrogen-bond acceptors (Lipinski definition) is 7. The smallest absolute Gasteiger partial charge is 0.200 e. The Labute approximate surface area is 154 Å². The summed E-state index contributed by atoms with van der Waals surface area (Å²) in [5.41, 5.74) is 1.49. The molecule has 0 aliphatic heterocycles. The van der Waals surface area contributed by atoms with Crippen molar-refractivity contribution in [3.05, 3.63) is 46.5 Å². The molecule has 0 heterocycles. The van der Waals surface area contributed by atoms with Crippen LogP contribution in [-0.4, -0.2) is 30.5 Å². The van der Waals surface area contributed by atoms with Crippen molar-refractivity contribution in [2.24, 2.45) is 0 Å². The molecule has 0 bridgehead atoms. The van der Waals surface area contributed by atoms with Gasteiger partial charge in [-0.1, -0.05) is 12.2 Å². The lowest BCUT2D eigenvalue weighted by atomic mass is 10.1. The zero-order valence-corrected chi connectivity index (χ0v) is 14.5. The Bertz CT molecular complexity index is 901. The third kappa shape index (κ3) is 4.15. The molecule has 0 aliphatic carbocycles. The van der Waals surface area contributed by atoms with Gasteiger partial charge in [0.05, 0.1) is 5.57 Å². The third-order valence-electron chi connectivity index (χ3n) is 3.56. The van der Waals surface area contributed by atoms with E-state index >= 15 is 0 Å². The van der Waals surface area contributed by atoms with Crippen molar-refractivity contribution in [3.8, 4) is 34.8 Å². The number of nitrogens with zero attached hydrogens (tertiary/aromatic N) is 1. The highest BCUT2D eigenvalue weighted by Gasteiger charge is 2.11. The lowest BCUT2D eigenvalue weighted by Gasteiger charge is -2.10. The summed E-state index contributed by atoms with van der Waals surface area (Å²) in [6.45, 7) is 1.71. The zero-order valence-electron chi connectivity index (χ0n) is 13.7. The molecule has 0 saturated heterocycles. The third-order valence-corrected chi connectivity index (χ3v) is 3.93. The monoisotopic (exact) mass is 372 g/mol. The molecule has 0 aromatic heterocycles. The van der Waals surface area contributed by atoms with Crippen LogP contribution < -0.4 is 5.32 Å². The van der Waals surface area contributed by atoms with Crippen LogP contribution in [0.15, 0.2) is 29.8 Å². The summed E-state index contributed by atoms with van der Waals surface area (Å²) in [6.07, 6.45) is 1.45. The van der Waals surface area contributed by atoms with Crippen LogP contribution in [0.4, 0.5) is 0 Å². The number of rotatable bonds is 4. The van der Waals surface area contributed by atoms with Gasteiger partial charge in [0.15, 0.2) is 28.7 Å². The van der Waals surface area contributed by atoms with E-state index in [0.29, 0.717) is 16.7 Å². The fourth-order valence-electron chi connectivity index (χ4n) is 2.23. The Morgan fingerprint density at radius 1 is 1.04 bits per heavy atom. The van der Waals surface area contributed by atoms with Crippen LogP contribution in [-0.2, 0) is 6.54 Å². The first-order valence-electron chi connectivity index (χ1n) is 7.39. The summed E-state index contributed by atoms with van der Waals surface area (Å²) in [5, 5.41) is 59.6. The number of nitrogens with one attached hydrogen (secondary N) is 1. The second kappa shape index (κ2) is 7.63. The topological polar surface area (TPSA) is 137 Å². The lowest BCUT2D eigenvalue weighted by molar-refractivity contribution is 0.367. The normalized spacial score (nSPS) is 11.0. The van der Waals surface area contributed by atoms with Gasteiger partial charge in [-0.15, -0.1) is 0 Å². The molecule has 26 heavy (non-hydrogen) atoms. The first-order chi connectivity index (χ1) is 12.2. The van der Waals surface area contributed by atoms with Crippen LogP contribution in [0.25, 0.3) is 6.08 Å². The molecule has 8 heteroatoms. The van der Waals surface area contributed by atoms with Crippen LogP contribution in [0.2, 0.25) is 0 Å². The number of aryl methyl sites for hydroxylation is 1. The minimum atomic E-state index is -0.614. The van der Waals surface area contributed by atoms with Gasteiger partial charge in [-0.3, -0.25) is 0 Å². The second-order valence-electron chi connectivity index (χ2n) is 5.54. The highest BCUT2D eigenvalue weighted by molar-refractivity contribution is 7.80. The van der Waals surface area contributed by atoms with Crippen LogP contribution >= 0.6 is 12.2 Å². The van der Waals surface area contributed by atoms with Gasteiger partial charge < -0.3 is 30.8 Å². The number of thiocarbonyl (C=S) groups is 1. The Balaban J connectivity index is 2.18. The Morgan fingerprint density at radius 3 is 2.15 bits per heavy atom. The predicted octanol–water partition coefficient (Wildman–Crippen LogP) is 2.55. The summed E-state index contributed by atoms with van der Waals surface area (Å²) in [4.78, 5) is 0.116. The lowest BCUT2D eigenvalue weighted by Crippen LogP contribution is -2.22. The first kappa shape index (κ1) is 18.9. The van der Waals surface area contributed by atoms with Crippen LogP contribution in [0.5, 0.6) is 28.7 Å². The predicted molar refractivity (Wildman–Crippen MR) is 99.0 cm³/mol. The molecule has 0 spiro atoms. The van der Waals surface area contributed by atoms with Gasteiger partial charge in [-0.05, 0) is 54.0 Å². The maximum absolute atomic E-state index is 9.65. The summed E-state index contributed by atoms with van der Waals surface area (Å²) in [6, 6.07) is 7.34. The van der Waals surface area contributed by atoms with Crippen LogP contribution in [0, 0.1) is 18.3 Å². The van der Waals surface area contributed by atoms with Crippen molar-refractivity contribution in [1.82, 2.24) is 5.32 Å². The Kier molecular flexibility index (Phi) is 5.54. The zero-order chi connectivity index (χ0) is 19.4. The number of phenols is 5. The average Bonchev–Trinajstić information content (AvgIpc) is 2.59. The number of aromatic hydroxyl groups is 5. The maximum atomic E-state index is 9.65. The maximum Gasteiger partial charge on any atom is 0.200 e. The van der Waals surface area contributed by atoms with Gasteiger partial charge in [0.1, 0.15) is 11.1 Å². The molecule has 0 saturated carbocycles. The Hall–Kier alpha value is -3.44. The minimum absolute atomic E-state index is 0.0963. The van der Waals surface area contributed by atoms with Crippen molar-refractivity contribution in [3.63, 3.8) is 0 Å². The molecule has 2 rings (SSSR count). The molecule has 0 unspecified atom stereocenters. The van der Waals surface area contributed by atoms with E-state index in [1.807, 2.05) is 6.07 Å². The SMILES string of the molecule is Cc1cc(C=C(C#N)C(=S)NCc2cc(O)c(O)c(O)c2)cc(O)c1O. The molecular formula is C18H16N2O5S. The van der Waals surface area contributed by atoms with Gasteiger partial charge >= 0.3 is 0 Å². The van der Waals surface area contributed by atoms with Crippen LogP contribution in [0.3, 0.4) is 0 Å². The highest BCUT2D eigenvalue weighted by Crippen LogP contribution is 2.35. The van der Waals surface area contributed by atoms with E-state index in [-0.39, 0.29) is 28.6 Å². The molecule has 2 aromatic carbocycles. The molecule has 134 valence electrons. The summed E-state index contributed by atoms with van der Waals surface area (Å²) in [5.74, 6) is -2.09. The number of benzene rings is 2. The molecule has 0 fully saturated rings. The van der Waals surface area contributed by atoms with Crippen molar-refractivity contribution >= 4 is 23.3 Å². The number of phenolic OH excluding ortho intramolecular Hbond substituents is 5. The van der Waals surface area contributed by atoms with E-state index in [0.717, 1.165) is 0 Å². The molecule has 0 amide bonds. The molecule has 6 N–H and O–H groups in total. The van der Waals surface area contributed by atoms with E-state index in [1.54, 1.807) is 13.0 Å². The van der Waals surface area contributed by atoms with Crippen molar-refractivity contribution in [2.45, 2.75) is 13.5 Å². The number of nitriles is 1. The van der Waals surface area contributed by atoms with Crippen molar-refractivity contribution in [1.29, 1.82) is 5.26 Å². The largest absolute Gasteiger partial charge is 0.504 e. The average molecular weight is 372 g/mol. The molecule has 2 aromatic rings. The van der Waals surface area contributed by atoms with E-state index in [9.17, 15) is 30.8 Å². The fraction of sp³-hybridized carbons (Fsp3) is 0.111. The van der Waals surface area contributed by atoms with Crippen molar-refractivity contribution in [2.75, 3.05) is 0 Å². The molecular weight excluding hydrogens is 356 g/mol. The van der Waals surface area contributed by atoms with E-state index in [1.165, 1.54) is 24.3 Å². The van der Waals surface area contributed by atoms with Gasteiger partial charge in [0.25, 0.3) is 0 Å². The van der Waals surface area contributed by atoms with Gasteiger partial charge in [0.2, 0.25) is 0 Å². The van der Waals surface area contributed by atoms with E-state index in [2.05, 4.69) is 5.32 Å². The minimum Gasteiger partial charge on any atom is -0.504 e. The molecule has 0 radical (unpaired) electrons.